The molecule has 3 rings (SSSR count). The highest BCUT2D eigenvalue weighted by molar-refractivity contribution is 8.01. The summed E-state index contributed by atoms with van der Waals surface area (Å²) >= 11 is 9.08. The van der Waals surface area contributed by atoms with E-state index < -0.39 is 0 Å². The van der Waals surface area contributed by atoms with Crippen LogP contribution < -0.4 is 14.8 Å². The molecule has 0 aliphatic carbocycles. The standard InChI is InChI=1S/C17H16ClN3O3S2/c1-3-6-25-17-21-20-16(26-17)19-15(22)10-4-5-24-14-11(7-10)8-12(18)9-13(14)23-2/h4-5,7-9H,3,6H2,1-2H3,(H,19,20,22). The molecule has 0 bridgehead atoms. The van der Waals surface area contributed by atoms with Gasteiger partial charge in [0.1, 0.15) is 0 Å². The molecule has 1 aliphatic heterocycles. The number of ether oxygens (including phenoxy) is 2. The van der Waals surface area contributed by atoms with E-state index in [0.29, 0.717) is 32.8 Å². The number of carbonyl (C=O) groups excluding carboxylic acids is 1. The second-order valence-corrected chi connectivity index (χ2v) is 7.98. The van der Waals surface area contributed by atoms with Gasteiger partial charge in [-0.25, -0.2) is 0 Å². The van der Waals surface area contributed by atoms with Crippen molar-refractivity contribution in [2.75, 3.05) is 18.2 Å². The number of fused-ring (bicyclic) bond motifs is 1. The first-order valence-electron chi connectivity index (χ1n) is 7.80. The molecule has 2 aromatic rings. The number of carbonyl (C=O) groups is 1. The Morgan fingerprint density at radius 3 is 3.04 bits per heavy atom. The minimum absolute atomic E-state index is 0.306. The molecule has 0 fully saturated rings. The van der Waals surface area contributed by atoms with Crippen LogP contribution in [0.3, 0.4) is 0 Å². The Hall–Kier alpha value is -2.03. The number of aromatic nitrogens is 2. The number of rotatable bonds is 6. The number of amides is 1. The summed E-state index contributed by atoms with van der Waals surface area (Å²) in [6, 6.07) is 3.37. The molecule has 1 aromatic heterocycles. The molecule has 0 spiro atoms. The highest BCUT2D eigenvalue weighted by Crippen LogP contribution is 2.37. The van der Waals surface area contributed by atoms with Crippen molar-refractivity contribution in [3.63, 3.8) is 0 Å². The lowest BCUT2D eigenvalue weighted by molar-refractivity contribution is -0.112. The summed E-state index contributed by atoms with van der Waals surface area (Å²) in [7, 11) is 1.53. The van der Waals surface area contributed by atoms with E-state index in [2.05, 4.69) is 22.4 Å². The molecule has 9 heteroatoms. The van der Waals surface area contributed by atoms with Crippen LogP contribution in [0, 0.1) is 0 Å². The van der Waals surface area contributed by atoms with Crippen molar-refractivity contribution < 1.29 is 14.3 Å². The van der Waals surface area contributed by atoms with Gasteiger partial charge >= 0.3 is 0 Å². The number of hydrogen-bond donors (Lipinski definition) is 1. The van der Waals surface area contributed by atoms with Gasteiger partial charge < -0.3 is 9.47 Å². The van der Waals surface area contributed by atoms with Crippen molar-refractivity contribution in [3.05, 3.63) is 40.6 Å². The predicted octanol–water partition coefficient (Wildman–Crippen LogP) is 4.63. The summed E-state index contributed by atoms with van der Waals surface area (Å²) in [4.78, 5) is 12.6. The van der Waals surface area contributed by atoms with Crippen molar-refractivity contribution in [1.29, 1.82) is 0 Å². The van der Waals surface area contributed by atoms with E-state index in [0.717, 1.165) is 16.5 Å². The van der Waals surface area contributed by atoms with Crippen LogP contribution in [0.2, 0.25) is 5.02 Å². The van der Waals surface area contributed by atoms with Crippen LogP contribution in [-0.4, -0.2) is 29.0 Å². The summed E-state index contributed by atoms with van der Waals surface area (Å²) in [6.45, 7) is 2.10. The van der Waals surface area contributed by atoms with E-state index in [4.69, 9.17) is 21.1 Å². The van der Waals surface area contributed by atoms with Crippen LogP contribution in [0.25, 0.3) is 6.08 Å². The summed E-state index contributed by atoms with van der Waals surface area (Å²) in [5.41, 5.74) is 1.06. The fourth-order valence-corrected chi connectivity index (χ4v) is 4.07. The van der Waals surface area contributed by atoms with Gasteiger partial charge in [-0.2, -0.15) is 0 Å². The van der Waals surface area contributed by atoms with Gasteiger partial charge in [0.25, 0.3) is 5.91 Å². The monoisotopic (exact) mass is 409 g/mol. The number of nitrogens with zero attached hydrogens (tertiary/aromatic N) is 2. The van der Waals surface area contributed by atoms with Gasteiger partial charge in [-0.15, -0.1) is 10.2 Å². The Morgan fingerprint density at radius 2 is 2.27 bits per heavy atom. The van der Waals surface area contributed by atoms with Gasteiger partial charge in [0.15, 0.2) is 15.8 Å². The summed E-state index contributed by atoms with van der Waals surface area (Å²) in [6.07, 6.45) is 5.76. The minimum Gasteiger partial charge on any atom is -0.493 e. The first kappa shape index (κ1) is 18.8. The molecule has 136 valence electrons. The van der Waals surface area contributed by atoms with Crippen LogP contribution in [0.4, 0.5) is 5.13 Å². The fourth-order valence-electron chi connectivity index (χ4n) is 2.18. The first-order chi connectivity index (χ1) is 12.6. The van der Waals surface area contributed by atoms with Crippen molar-refractivity contribution in [3.8, 4) is 11.5 Å². The zero-order valence-electron chi connectivity index (χ0n) is 14.1. The van der Waals surface area contributed by atoms with E-state index in [1.54, 1.807) is 36.0 Å². The number of thioether (sulfide) groups is 1. The van der Waals surface area contributed by atoms with E-state index in [1.165, 1.54) is 24.7 Å². The molecular weight excluding hydrogens is 394 g/mol. The molecule has 1 aromatic carbocycles. The molecular formula is C17H16ClN3O3S2. The predicted molar refractivity (Wildman–Crippen MR) is 105 cm³/mol. The van der Waals surface area contributed by atoms with E-state index >= 15 is 0 Å². The zero-order chi connectivity index (χ0) is 18.5. The molecule has 26 heavy (non-hydrogen) atoms. The Kier molecular flexibility index (Phi) is 6.18. The van der Waals surface area contributed by atoms with Crippen LogP contribution >= 0.6 is 34.7 Å². The third kappa shape index (κ3) is 4.38. The molecule has 6 nitrogen and oxygen atoms in total. The molecule has 1 amide bonds. The number of benzene rings is 1. The number of methoxy groups -OCH3 is 1. The van der Waals surface area contributed by atoms with Gasteiger partial charge in [0.2, 0.25) is 5.13 Å². The SMILES string of the molecule is CCCSc1nnc(NC(=O)C2=Cc3cc(Cl)cc(OC)c3OC=C2)s1. The summed E-state index contributed by atoms with van der Waals surface area (Å²) in [5, 5.41) is 11.8. The third-order valence-electron chi connectivity index (χ3n) is 3.33. The van der Waals surface area contributed by atoms with E-state index in [1.807, 2.05) is 0 Å². The average Bonchev–Trinajstić information content (AvgIpc) is 2.95. The maximum Gasteiger partial charge on any atom is 0.257 e. The molecule has 2 heterocycles. The third-order valence-corrected chi connectivity index (χ3v) is 5.73. The quantitative estimate of drug-likeness (QED) is 0.553. The Labute approximate surface area is 164 Å². The molecule has 0 radical (unpaired) electrons. The van der Waals surface area contributed by atoms with Gasteiger partial charge in [-0.05, 0) is 24.6 Å². The Morgan fingerprint density at radius 1 is 1.42 bits per heavy atom. The molecule has 0 saturated carbocycles. The largest absolute Gasteiger partial charge is 0.493 e. The summed E-state index contributed by atoms with van der Waals surface area (Å²) < 4.78 is 11.7. The van der Waals surface area contributed by atoms with Gasteiger partial charge in [-0.3, -0.25) is 10.1 Å². The first-order valence-corrected chi connectivity index (χ1v) is 9.98. The Balaban J connectivity index is 1.81. The highest BCUT2D eigenvalue weighted by atomic mass is 35.5. The lowest BCUT2D eigenvalue weighted by Crippen LogP contribution is -2.12. The van der Waals surface area contributed by atoms with Crippen molar-refractivity contribution in [2.45, 2.75) is 17.7 Å². The minimum atomic E-state index is -0.306. The smallest absolute Gasteiger partial charge is 0.257 e. The van der Waals surface area contributed by atoms with Crippen LogP contribution in [0.5, 0.6) is 11.5 Å². The van der Waals surface area contributed by atoms with Crippen LogP contribution in [-0.2, 0) is 4.79 Å². The molecule has 1 aliphatic rings. The van der Waals surface area contributed by atoms with Gasteiger partial charge in [-0.1, -0.05) is 41.6 Å². The number of hydrogen-bond acceptors (Lipinski definition) is 7. The summed E-state index contributed by atoms with van der Waals surface area (Å²) in [5.74, 6) is 1.66. The molecule has 0 atom stereocenters. The lowest BCUT2D eigenvalue weighted by Gasteiger charge is -2.10. The van der Waals surface area contributed by atoms with Gasteiger partial charge in [0, 0.05) is 28.0 Å². The van der Waals surface area contributed by atoms with Gasteiger partial charge in [0.05, 0.1) is 13.4 Å². The van der Waals surface area contributed by atoms with E-state index in [9.17, 15) is 4.79 Å². The second kappa shape index (κ2) is 8.57. The molecule has 0 unspecified atom stereocenters. The Bertz CT molecular complexity index is 880. The maximum atomic E-state index is 12.6. The lowest BCUT2D eigenvalue weighted by atomic mass is 10.1. The van der Waals surface area contributed by atoms with Crippen molar-refractivity contribution in [1.82, 2.24) is 10.2 Å². The zero-order valence-corrected chi connectivity index (χ0v) is 16.5. The fraction of sp³-hybridized carbons (Fsp3) is 0.235. The highest BCUT2D eigenvalue weighted by Gasteiger charge is 2.17. The number of nitrogens with one attached hydrogen (secondary N) is 1. The number of halogens is 1. The van der Waals surface area contributed by atoms with Crippen LogP contribution in [0.1, 0.15) is 18.9 Å². The maximum absolute atomic E-state index is 12.6. The molecule has 0 saturated heterocycles. The van der Waals surface area contributed by atoms with Crippen LogP contribution in [0.15, 0.2) is 34.4 Å². The molecule has 1 N–H and O–H groups in total. The second-order valence-electron chi connectivity index (χ2n) is 5.22. The van der Waals surface area contributed by atoms with Crippen molar-refractivity contribution >= 4 is 51.8 Å². The topological polar surface area (TPSA) is 73.3 Å². The normalized spacial score (nSPS) is 12.7. The average molecular weight is 410 g/mol. The van der Waals surface area contributed by atoms with E-state index in [-0.39, 0.29) is 5.91 Å². The van der Waals surface area contributed by atoms with Crippen molar-refractivity contribution in [2.24, 2.45) is 0 Å². The number of anilines is 1.